The van der Waals surface area contributed by atoms with Crippen molar-refractivity contribution in [2.24, 2.45) is 0 Å². The molecule has 0 aliphatic carbocycles. The van der Waals surface area contributed by atoms with Crippen LogP contribution in [-0.2, 0) is 9.84 Å². The van der Waals surface area contributed by atoms with Gasteiger partial charge in [0.25, 0.3) is 5.91 Å². The molecule has 2 aromatic rings. The quantitative estimate of drug-likeness (QED) is 0.819. The van der Waals surface area contributed by atoms with E-state index in [-0.39, 0.29) is 17.4 Å². The van der Waals surface area contributed by atoms with E-state index in [4.69, 9.17) is 4.42 Å². The highest BCUT2D eigenvalue weighted by Crippen LogP contribution is 2.26. The van der Waals surface area contributed by atoms with E-state index in [0.29, 0.717) is 10.4 Å². The van der Waals surface area contributed by atoms with Gasteiger partial charge in [-0.05, 0) is 46.3 Å². The van der Waals surface area contributed by atoms with Crippen LogP contribution in [-0.4, -0.2) is 26.1 Å². The number of furan rings is 1. The SMILES string of the molecule is O=C(c1ccc(Br)o1)N(c1ccccc1)[C@@H]1C=CS(=O)(=O)C1. The maximum absolute atomic E-state index is 12.7. The smallest absolute Gasteiger partial charge is 0.294 e. The number of amides is 1. The molecule has 1 aromatic heterocycles. The van der Waals surface area contributed by atoms with Gasteiger partial charge in [-0.15, -0.1) is 0 Å². The van der Waals surface area contributed by atoms with Crippen molar-refractivity contribution in [2.75, 3.05) is 10.7 Å². The molecule has 0 saturated carbocycles. The number of carbonyl (C=O) groups excluding carboxylic acids is 1. The van der Waals surface area contributed by atoms with Gasteiger partial charge in [0.15, 0.2) is 20.3 Å². The average molecular weight is 382 g/mol. The summed E-state index contributed by atoms with van der Waals surface area (Å²) in [6, 6.07) is 11.6. The van der Waals surface area contributed by atoms with Crippen LogP contribution in [0.15, 0.2) is 63.0 Å². The van der Waals surface area contributed by atoms with Gasteiger partial charge in [0.2, 0.25) is 0 Å². The van der Waals surface area contributed by atoms with E-state index in [1.54, 1.807) is 36.4 Å². The van der Waals surface area contributed by atoms with E-state index in [9.17, 15) is 13.2 Å². The summed E-state index contributed by atoms with van der Waals surface area (Å²) in [5.41, 5.74) is 0.617. The van der Waals surface area contributed by atoms with E-state index in [0.717, 1.165) is 5.41 Å². The van der Waals surface area contributed by atoms with Crippen LogP contribution in [0.3, 0.4) is 0 Å². The molecule has 0 spiro atoms. The van der Waals surface area contributed by atoms with E-state index in [1.165, 1.54) is 11.0 Å². The standard InChI is InChI=1S/C15H12BrNO4S/c16-14-7-6-13(21-14)15(18)17(11-4-2-1-3-5-11)12-8-9-22(19,20)10-12/h1-9,12H,10H2/t12-/m1/s1. The fraction of sp³-hybridized carbons (Fsp3) is 0.133. The third-order valence-electron chi connectivity index (χ3n) is 3.28. The maximum atomic E-state index is 12.7. The third kappa shape index (κ3) is 3.00. The Kier molecular flexibility index (Phi) is 3.92. The molecule has 2 heterocycles. The summed E-state index contributed by atoms with van der Waals surface area (Å²) in [6.45, 7) is 0. The number of nitrogens with zero attached hydrogens (tertiary/aromatic N) is 1. The minimum absolute atomic E-state index is 0.129. The Labute approximate surface area is 136 Å². The largest absolute Gasteiger partial charge is 0.444 e. The molecular formula is C15H12BrNO4S. The maximum Gasteiger partial charge on any atom is 0.294 e. The molecule has 7 heteroatoms. The first-order valence-electron chi connectivity index (χ1n) is 6.51. The second-order valence-electron chi connectivity index (χ2n) is 4.84. The third-order valence-corrected chi connectivity index (χ3v) is 5.08. The minimum atomic E-state index is -3.27. The molecule has 3 rings (SSSR count). The molecule has 0 N–H and O–H groups in total. The summed E-state index contributed by atoms with van der Waals surface area (Å²) < 4.78 is 29.1. The van der Waals surface area contributed by atoms with Gasteiger partial charge in [-0.2, -0.15) is 0 Å². The zero-order valence-electron chi connectivity index (χ0n) is 11.3. The highest BCUT2D eigenvalue weighted by molar-refractivity contribution is 9.10. The molecule has 0 bridgehead atoms. The fourth-order valence-corrected chi connectivity index (χ4v) is 3.89. The molecule has 0 fully saturated rings. The number of sulfone groups is 1. The number of carbonyl (C=O) groups is 1. The first kappa shape index (κ1) is 15.1. The molecule has 0 radical (unpaired) electrons. The van der Waals surface area contributed by atoms with Crippen molar-refractivity contribution < 1.29 is 17.6 Å². The Hall–Kier alpha value is -1.86. The van der Waals surface area contributed by atoms with Gasteiger partial charge >= 0.3 is 0 Å². The highest BCUT2D eigenvalue weighted by Gasteiger charge is 2.33. The van der Waals surface area contributed by atoms with Crippen molar-refractivity contribution in [3.05, 3.63) is 64.4 Å². The minimum Gasteiger partial charge on any atom is -0.444 e. The van der Waals surface area contributed by atoms with Gasteiger partial charge in [0, 0.05) is 11.1 Å². The van der Waals surface area contributed by atoms with Crippen molar-refractivity contribution in [1.29, 1.82) is 0 Å². The Morgan fingerprint density at radius 2 is 1.91 bits per heavy atom. The Morgan fingerprint density at radius 1 is 1.18 bits per heavy atom. The summed E-state index contributed by atoms with van der Waals surface area (Å²) in [5, 5.41) is 1.15. The molecule has 22 heavy (non-hydrogen) atoms. The highest BCUT2D eigenvalue weighted by atomic mass is 79.9. The lowest BCUT2D eigenvalue weighted by atomic mass is 10.2. The molecule has 1 amide bonds. The molecule has 1 aromatic carbocycles. The summed E-state index contributed by atoms with van der Waals surface area (Å²) in [5.74, 6) is -0.368. The van der Waals surface area contributed by atoms with Crippen LogP contribution in [0.25, 0.3) is 0 Å². The van der Waals surface area contributed by atoms with Crippen LogP contribution in [0.1, 0.15) is 10.6 Å². The summed E-state index contributed by atoms with van der Waals surface area (Å²) >= 11 is 3.16. The van der Waals surface area contributed by atoms with Crippen LogP contribution >= 0.6 is 15.9 Å². The second kappa shape index (κ2) is 5.73. The monoisotopic (exact) mass is 381 g/mol. The Morgan fingerprint density at radius 3 is 2.45 bits per heavy atom. The van der Waals surface area contributed by atoms with E-state index >= 15 is 0 Å². The van der Waals surface area contributed by atoms with Crippen LogP contribution < -0.4 is 4.90 Å². The van der Waals surface area contributed by atoms with E-state index < -0.39 is 15.9 Å². The second-order valence-corrected chi connectivity index (χ2v) is 7.55. The zero-order valence-corrected chi connectivity index (χ0v) is 13.7. The van der Waals surface area contributed by atoms with Crippen LogP contribution in [0.4, 0.5) is 5.69 Å². The lowest BCUT2D eigenvalue weighted by Crippen LogP contribution is -2.41. The molecule has 5 nitrogen and oxygen atoms in total. The number of benzene rings is 1. The first-order valence-corrected chi connectivity index (χ1v) is 9.02. The lowest BCUT2D eigenvalue weighted by Gasteiger charge is -2.26. The topological polar surface area (TPSA) is 67.6 Å². The van der Waals surface area contributed by atoms with Gasteiger partial charge in [-0.1, -0.05) is 18.2 Å². The van der Waals surface area contributed by atoms with Gasteiger partial charge in [-0.3, -0.25) is 9.69 Å². The molecule has 1 atom stereocenters. The number of rotatable bonds is 3. The van der Waals surface area contributed by atoms with Crippen molar-refractivity contribution in [3.63, 3.8) is 0 Å². The van der Waals surface area contributed by atoms with Crippen molar-refractivity contribution in [3.8, 4) is 0 Å². The number of hydrogen-bond donors (Lipinski definition) is 0. The van der Waals surface area contributed by atoms with Gasteiger partial charge in [-0.25, -0.2) is 8.42 Å². The fourth-order valence-electron chi connectivity index (χ4n) is 2.32. The number of hydrogen-bond acceptors (Lipinski definition) is 4. The normalized spacial score (nSPS) is 19.2. The zero-order chi connectivity index (χ0) is 15.7. The van der Waals surface area contributed by atoms with E-state index in [2.05, 4.69) is 15.9 Å². The predicted molar refractivity (Wildman–Crippen MR) is 86.4 cm³/mol. The van der Waals surface area contributed by atoms with Crippen molar-refractivity contribution in [1.82, 2.24) is 0 Å². The Bertz CT molecular complexity index is 826. The molecular weight excluding hydrogens is 370 g/mol. The van der Waals surface area contributed by atoms with E-state index in [1.807, 2.05) is 6.07 Å². The van der Waals surface area contributed by atoms with Crippen LogP contribution in [0.2, 0.25) is 0 Å². The van der Waals surface area contributed by atoms with Crippen LogP contribution in [0, 0.1) is 0 Å². The van der Waals surface area contributed by atoms with Gasteiger partial charge < -0.3 is 4.42 Å². The molecule has 1 aliphatic rings. The number of halogens is 1. The molecule has 1 aliphatic heterocycles. The average Bonchev–Trinajstić information content (AvgIpc) is 3.06. The summed E-state index contributed by atoms with van der Waals surface area (Å²) in [4.78, 5) is 14.2. The molecule has 114 valence electrons. The van der Waals surface area contributed by atoms with Gasteiger partial charge in [0.1, 0.15) is 0 Å². The van der Waals surface area contributed by atoms with Crippen molar-refractivity contribution in [2.45, 2.75) is 6.04 Å². The Balaban J connectivity index is 2.01. The summed E-state index contributed by atoms with van der Waals surface area (Å²) in [6.07, 6.45) is 1.53. The molecule has 0 unspecified atom stereocenters. The summed E-state index contributed by atoms with van der Waals surface area (Å²) in [7, 11) is -3.27. The number of anilines is 1. The lowest BCUT2D eigenvalue weighted by molar-refractivity contribution is 0.0955. The van der Waals surface area contributed by atoms with Crippen molar-refractivity contribution >= 4 is 37.4 Å². The molecule has 0 saturated heterocycles. The predicted octanol–water partition coefficient (Wildman–Crippen LogP) is 3.00. The number of para-hydroxylation sites is 1. The van der Waals surface area contributed by atoms with Gasteiger partial charge in [0.05, 0.1) is 11.8 Å². The first-order chi connectivity index (χ1) is 10.5. The van der Waals surface area contributed by atoms with Crippen LogP contribution in [0.5, 0.6) is 0 Å².